The first kappa shape index (κ1) is 13.8. The molecule has 0 saturated carbocycles. The van der Waals surface area contributed by atoms with E-state index in [2.05, 4.69) is 10.5 Å². The second-order valence-electron chi connectivity index (χ2n) is 5.85. The van der Waals surface area contributed by atoms with Crippen LogP contribution in [0.1, 0.15) is 22.8 Å². The van der Waals surface area contributed by atoms with Crippen molar-refractivity contribution in [1.82, 2.24) is 5.16 Å². The second-order valence-corrected chi connectivity index (χ2v) is 5.85. The van der Waals surface area contributed by atoms with E-state index in [1.807, 2.05) is 56.3 Å². The fraction of sp³-hybridized carbons (Fsp3) is 0.222. The molecule has 0 saturated heterocycles. The molecular weight excluding hydrogens is 290 g/mol. The second kappa shape index (κ2) is 4.84. The number of nitrogens with one attached hydrogen (secondary N) is 1. The summed E-state index contributed by atoms with van der Waals surface area (Å²) in [6.07, 6.45) is 0. The van der Waals surface area contributed by atoms with Gasteiger partial charge in [0, 0.05) is 37.5 Å². The number of hydrogen-bond acceptors (Lipinski definition) is 5. The predicted molar refractivity (Wildman–Crippen MR) is 91.4 cm³/mol. The van der Waals surface area contributed by atoms with Crippen LogP contribution in [0.5, 0.6) is 0 Å². The molecule has 1 heterocycles. The van der Waals surface area contributed by atoms with Gasteiger partial charge in [-0.25, -0.2) is 0 Å². The molecule has 0 aliphatic heterocycles. The Bertz CT molecular complexity index is 941. The molecule has 3 aromatic rings. The molecular formula is C18H17N3O2. The zero-order chi connectivity index (χ0) is 16.1. The van der Waals surface area contributed by atoms with Crippen LogP contribution in [-0.4, -0.2) is 31.6 Å². The highest BCUT2D eigenvalue weighted by Crippen LogP contribution is 2.45. The number of anilines is 2. The highest BCUT2D eigenvalue weighted by atomic mass is 16.5. The monoisotopic (exact) mass is 307 g/mol. The smallest absolute Gasteiger partial charge is 0.196 e. The van der Waals surface area contributed by atoms with Gasteiger partial charge in [-0.2, -0.15) is 0 Å². The number of rotatable bonds is 3. The summed E-state index contributed by atoms with van der Waals surface area (Å²) in [6, 6.07) is 9.50. The van der Waals surface area contributed by atoms with Crippen molar-refractivity contribution in [3.8, 4) is 11.3 Å². The summed E-state index contributed by atoms with van der Waals surface area (Å²) < 4.78 is 5.64. The van der Waals surface area contributed by atoms with E-state index < -0.39 is 0 Å². The highest BCUT2D eigenvalue weighted by Gasteiger charge is 2.32. The lowest BCUT2D eigenvalue weighted by Gasteiger charge is -2.21. The number of aromatic nitrogens is 1. The molecule has 0 spiro atoms. The molecule has 0 radical (unpaired) electrons. The van der Waals surface area contributed by atoms with Gasteiger partial charge in [-0.05, 0) is 13.0 Å². The SMILES string of the molecule is CCNc1cc(N(C)C)c2noc3c2c1C(=O)c1ccccc1-3. The van der Waals surface area contributed by atoms with Crippen LogP contribution in [0, 0.1) is 0 Å². The Morgan fingerprint density at radius 1 is 1.22 bits per heavy atom. The van der Waals surface area contributed by atoms with Gasteiger partial charge in [-0.15, -0.1) is 0 Å². The van der Waals surface area contributed by atoms with Crippen LogP contribution in [0.25, 0.3) is 22.2 Å². The summed E-state index contributed by atoms with van der Waals surface area (Å²) in [5.74, 6) is 0.690. The third-order valence-corrected chi connectivity index (χ3v) is 4.23. The Labute approximate surface area is 133 Å². The molecule has 5 nitrogen and oxygen atoms in total. The van der Waals surface area contributed by atoms with Crippen molar-refractivity contribution in [2.24, 2.45) is 0 Å². The maximum Gasteiger partial charge on any atom is 0.196 e. The summed E-state index contributed by atoms with van der Waals surface area (Å²) in [6.45, 7) is 2.75. The lowest BCUT2D eigenvalue weighted by molar-refractivity contribution is 0.104. The van der Waals surface area contributed by atoms with Crippen LogP contribution in [0.3, 0.4) is 0 Å². The van der Waals surface area contributed by atoms with Crippen molar-refractivity contribution in [1.29, 1.82) is 0 Å². The maximum atomic E-state index is 13.0. The predicted octanol–water partition coefficient (Wildman–Crippen LogP) is 3.54. The number of nitrogens with zero attached hydrogens (tertiary/aromatic N) is 2. The molecule has 1 aliphatic rings. The average molecular weight is 307 g/mol. The van der Waals surface area contributed by atoms with Gasteiger partial charge in [0.25, 0.3) is 0 Å². The largest absolute Gasteiger partial charge is 0.385 e. The zero-order valence-electron chi connectivity index (χ0n) is 13.3. The molecule has 23 heavy (non-hydrogen) atoms. The first-order valence-corrected chi connectivity index (χ1v) is 7.65. The van der Waals surface area contributed by atoms with Crippen LogP contribution in [0.4, 0.5) is 11.4 Å². The minimum absolute atomic E-state index is 0.0163. The molecule has 0 unspecified atom stereocenters. The normalized spacial score (nSPS) is 12.4. The minimum atomic E-state index is 0.0163. The Balaban J connectivity index is 2.16. The van der Waals surface area contributed by atoms with Crippen LogP contribution >= 0.6 is 0 Å². The van der Waals surface area contributed by atoms with E-state index in [0.29, 0.717) is 16.9 Å². The summed E-state index contributed by atoms with van der Waals surface area (Å²) >= 11 is 0. The first-order valence-electron chi connectivity index (χ1n) is 7.65. The van der Waals surface area contributed by atoms with E-state index in [1.54, 1.807) is 0 Å². The van der Waals surface area contributed by atoms with Crippen LogP contribution in [0.2, 0.25) is 0 Å². The molecule has 5 heteroatoms. The topological polar surface area (TPSA) is 58.4 Å². The van der Waals surface area contributed by atoms with E-state index in [4.69, 9.17) is 4.52 Å². The van der Waals surface area contributed by atoms with Gasteiger partial charge in [0.15, 0.2) is 11.5 Å². The van der Waals surface area contributed by atoms with Crippen molar-refractivity contribution in [2.45, 2.75) is 6.92 Å². The third kappa shape index (κ3) is 1.79. The van der Waals surface area contributed by atoms with Crippen molar-refractivity contribution < 1.29 is 9.32 Å². The van der Waals surface area contributed by atoms with Crippen LogP contribution in [-0.2, 0) is 0 Å². The molecule has 2 aromatic carbocycles. The lowest BCUT2D eigenvalue weighted by Crippen LogP contribution is -2.15. The summed E-state index contributed by atoms with van der Waals surface area (Å²) in [5, 5.41) is 8.36. The molecule has 4 rings (SSSR count). The van der Waals surface area contributed by atoms with Gasteiger partial charge in [0.2, 0.25) is 0 Å². The van der Waals surface area contributed by atoms with Crippen molar-refractivity contribution in [3.63, 3.8) is 0 Å². The quantitative estimate of drug-likeness (QED) is 0.627. The lowest BCUT2D eigenvalue weighted by atomic mass is 9.86. The Hall–Kier alpha value is -2.82. The number of benzene rings is 2. The fourth-order valence-electron chi connectivity index (χ4n) is 3.21. The van der Waals surface area contributed by atoms with E-state index >= 15 is 0 Å². The maximum absolute atomic E-state index is 13.0. The molecule has 1 aliphatic carbocycles. The Morgan fingerprint density at radius 3 is 2.65 bits per heavy atom. The number of carbonyl (C=O) groups excluding carboxylic acids is 1. The van der Waals surface area contributed by atoms with Gasteiger partial charge in [0.05, 0.1) is 16.6 Å². The standard InChI is InChI=1S/C18H17N3O2/c1-4-19-12-9-13(21(2)3)16-15-14(12)17(22)10-7-5-6-8-11(10)18(15)23-20-16/h5-9,19H,4H2,1-3H3. The average Bonchev–Trinajstić information content (AvgIpc) is 2.98. The molecule has 116 valence electrons. The van der Waals surface area contributed by atoms with Crippen molar-refractivity contribution >= 4 is 28.1 Å². The van der Waals surface area contributed by atoms with Crippen LogP contribution in [0.15, 0.2) is 34.9 Å². The van der Waals surface area contributed by atoms with E-state index in [9.17, 15) is 4.79 Å². The van der Waals surface area contributed by atoms with Crippen LogP contribution < -0.4 is 10.2 Å². The summed E-state index contributed by atoms with van der Waals surface area (Å²) in [7, 11) is 3.92. The summed E-state index contributed by atoms with van der Waals surface area (Å²) in [5.41, 5.74) is 4.61. The molecule has 0 fully saturated rings. The molecule has 1 aromatic heterocycles. The van der Waals surface area contributed by atoms with Gasteiger partial charge < -0.3 is 14.7 Å². The third-order valence-electron chi connectivity index (χ3n) is 4.23. The number of hydrogen-bond donors (Lipinski definition) is 1. The molecule has 0 amide bonds. The van der Waals surface area contributed by atoms with Gasteiger partial charge in [-0.1, -0.05) is 29.4 Å². The number of fused-ring (bicyclic) bond motifs is 2. The van der Waals surface area contributed by atoms with Gasteiger partial charge in [0.1, 0.15) is 5.52 Å². The zero-order valence-corrected chi connectivity index (χ0v) is 13.3. The van der Waals surface area contributed by atoms with E-state index in [-0.39, 0.29) is 5.78 Å². The van der Waals surface area contributed by atoms with Crippen molar-refractivity contribution in [3.05, 3.63) is 41.5 Å². The first-order chi connectivity index (χ1) is 11.1. The minimum Gasteiger partial charge on any atom is -0.385 e. The number of ketones is 1. The molecule has 0 atom stereocenters. The highest BCUT2D eigenvalue weighted by molar-refractivity contribution is 6.28. The fourth-order valence-corrected chi connectivity index (χ4v) is 3.21. The number of carbonyl (C=O) groups is 1. The van der Waals surface area contributed by atoms with Gasteiger partial charge >= 0.3 is 0 Å². The van der Waals surface area contributed by atoms with E-state index in [1.165, 1.54) is 0 Å². The van der Waals surface area contributed by atoms with Gasteiger partial charge in [-0.3, -0.25) is 4.79 Å². The Kier molecular flexibility index (Phi) is 2.91. The summed E-state index contributed by atoms with van der Waals surface area (Å²) in [4.78, 5) is 15.0. The Morgan fingerprint density at radius 2 is 1.96 bits per heavy atom. The van der Waals surface area contributed by atoms with E-state index in [0.717, 1.165) is 34.4 Å². The molecule has 0 bridgehead atoms. The van der Waals surface area contributed by atoms with Crippen molar-refractivity contribution in [2.75, 3.05) is 30.9 Å². The molecule has 1 N–H and O–H groups in total.